The molecule has 1 aromatic carbocycles. The van der Waals surface area contributed by atoms with E-state index in [2.05, 4.69) is 20.4 Å². The lowest BCUT2D eigenvalue weighted by Crippen LogP contribution is -2.50. The lowest BCUT2D eigenvalue weighted by atomic mass is 10.0. The van der Waals surface area contributed by atoms with E-state index in [1.807, 2.05) is 18.3 Å². The van der Waals surface area contributed by atoms with Crippen molar-refractivity contribution >= 4 is 34.7 Å². The summed E-state index contributed by atoms with van der Waals surface area (Å²) in [6.07, 6.45) is 4.44. The number of nitrogens with one attached hydrogen (secondary N) is 1. The van der Waals surface area contributed by atoms with Gasteiger partial charge in [0.2, 0.25) is 5.69 Å². The van der Waals surface area contributed by atoms with E-state index in [4.69, 9.17) is 11.3 Å². The fourth-order valence-corrected chi connectivity index (χ4v) is 5.70. The van der Waals surface area contributed by atoms with Gasteiger partial charge >= 0.3 is 6.09 Å². The van der Waals surface area contributed by atoms with Gasteiger partial charge in [-0.05, 0) is 63.4 Å². The first kappa shape index (κ1) is 26.3. The van der Waals surface area contributed by atoms with Gasteiger partial charge in [-0.25, -0.2) is 14.0 Å². The van der Waals surface area contributed by atoms with Gasteiger partial charge in [-0.15, -0.1) is 21.5 Å². The molecule has 3 aromatic heterocycles. The van der Waals surface area contributed by atoms with Crippen molar-refractivity contribution in [1.29, 1.82) is 0 Å². The molecule has 1 fully saturated rings. The van der Waals surface area contributed by atoms with Crippen molar-refractivity contribution in [3.63, 3.8) is 0 Å². The molecule has 2 amide bonds. The zero-order chi connectivity index (χ0) is 27.7. The predicted molar refractivity (Wildman–Crippen MR) is 146 cm³/mol. The smallest absolute Gasteiger partial charge is 0.407 e. The molecular formula is C28H27FN6O3S. The highest BCUT2D eigenvalue weighted by Gasteiger charge is 2.29. The number of hydrogen-bond donors (Lipinski definition) is 1. The molecular weight excluding hydrogens is 519 g/mol. The lowest BCUT2D eigenvalue weighted by Gasteiger charge is -2.33. The van der Waals surface area contributed by atoms with Crippen LogP contribution < -0.4 is 5.32 Å². The minimum absolute atomic E-state index is 0.0606. The Labute approximate surface area is 229 Å². The van der Waals surface area contributed by atoms with Crippen molar-refractivity contribution < 1.29 is 18.7 Å². The van der Waals surface area contributed by atoms with Gasteiger partial charge in [0.25, 0.3) is 5.91 Å². The molecule has 5 rings (SSSR count). The summed E-state index contributed by atoms with van der Waals surface area (Å²) in [6.45, 7) is 13.5. The SMILES string of the molecule is [C-]#[N+]c1ccc(-c2cc(C(=O)N3CCC[C@@H](NC(=O)OC(C)(C)C)C3)sc2-c2ccc3nncn3c2)cc1F. The summed E-state index contributed by atoms with van der Waals surface area (Å²) in [5.41, 5.74) is 2.08. The van der Waals surface area contributed by atoms with Crippen molar-refractivity contribution in [3.8, 4) is 21.6 Å². The van der Waals surface area contributed by atoms with Crippen LogP contribution in [0.15, 0.2) is 48.9 Å². The average molecular weight is 547 g/mol. The van der Waals surface area contributed by atoms with Crippen LogP contribution in [-0.4, -0.2) is 56.2 Å². The Hall–Kier alpha value is -4.30. The molecule has 11 heteroatoms. The zero-order valence-corrected chi connectivity index (χ0v) is 22.6. The highest BCUT2D eigenvalue weighted by molar-refractivity contribution is 7.18. The number of aromatic nitrogens is 3. The van der Waals surface area contributed by atoms with Crippen LogP contribution in [0.5, 0.6) is 0 Å². The van der Waals surface area contributed by atoms with Crippen LogP contribution in [0, 0.1) is 12.4 Å². The third-order valence-electron chi connectivity index (χ3n) is 6.30. The van der Waals surface area contributed by atoms with Crippen molar-refractivity contribution in [2.45, 2.75) is 45.3 Å². The Morgan fingerprint density at radius 1 is 1.21 bits per heavy atom. The number of amides is 2. The molecule has 1 aliphatic rings. The fourth-order valence-electron chi connectivity index (χ4n) is 4.56. The molecule has 0 saturated carbocycles. The maximum absolute atomic E-state index is 14.6. The average Bonchev–Trinajstić information content (AvgIpc) is 3.54. The summed E-state index contributed by atoms with van der Waals surface area (Å²) in [6, 6.07) is 9.73. The van der Waals surface area contributed by atoms with E-state index in [1.165, 1.54) is 23.5 Å². The van der Waals surface area contributed by atoms with Crippen LogP contribution in [0.4, 0.5) is 14.9 Å². The Morgan fingerprint density at radius 2 is 2.00 bits per heavy atom. The highest BCUT2D eigenvalue weighted by atomic mass is 32.1. The van der Waals surface area contributed by atoms with Crippen LogP contribution in [0.2, 0.25) is 0 Å². The van der Waals surface area contributed by atoms with E-state index in [0.717, 1.165) is 23.3 Å². The first-order valence-electron chi connectivity index (χ1n) is 12.5. The topological polar surface area (TPSA) is 93.2 Å². The van der Waals surface area contributed by atoms with Gasteiger partial charge in [-0.1, -0.05) is 12.1 Å². The van der Waals surface area contributed by atoms with Gasteiger partial charge in [0.05, 0.1) is 11.4 Å². The Kier molecular flexibility index (Phi) is 7.06. The highest BCUT2D eigenvalue weighted by Crippen LogP contribution is 2.41. The van der Waals surface area contributed by atoms with E-state index in [0.29, 0.717) is 34.7 Å². The quantitative estimate of drug-likeness (QED) is 0.320. The minimum atomic E-state index is -0.617. The molecule has 4 heterocycles. The molecule has 0 aliphatic carbocycles. The molecule has 1 N–H and O–H groups in total. The zero-order valence-electron chi connectivity index (χ0n) is 21.8. The van der Waals surface area contributed by atoms with E-state index >= 15 is 0 Å². The number of carbonyl (C=O) groups excluding carboxylic acids is 2. The number of nitrogens with zero attached hydrogens (tertiary/aromatic N) is 5. The number of hydrogen-bond acceptors (Lipinski definition) is 6. The van der Waals surface area contributed by atoms with E-state index in [1.54, 1.807) is 48.5 Å². The largest absolute Gasteiger partial charge is 0.444 e. The first-order chi connectivity index (χ1) is 18.6. The number of rotatable bonds is 4. The second-order valence-electron chi connectivity index (χ2n) is 10.4. The number of ether oxygens (including phenoxy) is 1. The number of likely N-dealkylation sites (tertiary alicyclic amines) is 1. The Balaban J connectivity index is 1.46. The van der Waals surface area contributed by atoms with Crippen molar-refractivity contribution in [2.24, 2.45) is 0 Å². The minimum Gasteiger partial charge on any atom is -0.444 e. The molecule has 1 atom stereocenters. The number of benzene rings is 1. The second kappa shape index (κ2) is 10.5. The molecule has 1 saturated heterocycles. The van der Waals surface area contributed by atoms with Gasteiger partial charge < -0.3 is 15.0 Å². The van der Waals surface area contributed by atoms with Gasteiger partial charge in [0.15, 0.2) is 5.65 Å². The summed E-state index contributed by atoms with van der Waals surface area (Å²) >= 11 is 1.32. The molecule has 1 aliphatic heterocycles. The predicted octanol–water partition coefficient (Wildman–Crippen LogP) is 5.94. The fraction of sp³-hybridized carbons (Fsp3) is 0.321. The molecule has 9 nitrogen and oxygen atoms in total. The lowest BCUT2D eigenvalue weighted by molar-refractivity contribution is 0.0453. The van der Waals surface area contributed by atoms with Crippen LogP contribution in [0.1, 0.15) is 43.3 Å². The maximum atomic E-state index is 14.6. The van der Waals surface area contributed by atoms with E-state index in [9.17, 15) is 14.0 Å². The van der Waals surface area contributed by atoms with Gasteiger partial charge in [-0.2, -0.15) is 0 Å². The number of alkyl carbamates (subject to hydrolysis) is 1. The number of piperidine rings is 1. The molecule has 0 radical (unpaired) electrons. The normalized spacial score (nSPS) is 15.7. The third kappa shape index (κ3) is 5.76. The van der Waals surface area contributed by atoms with Crippen molar-refractivity contribution in [2.75, 3.05) is 13.1 Å². The molecule has 0 unspecified atom stereocenters. The van der Waals surface area contributed by atoms with E-state index < -0.39 is 17.5 Å². The molecule has 4 aromatic rings. The Bertz CT molecular complexity index is 1600. The summed E-state index contributed by atoms with van der Waals surface area (Å²) in [7, 11) is 0. The summed E-state index contributed by atoms with van der Waals surface area (Å²) in [5, 5.41) is 10.9. The first-order valence-corrected chi connectivity index (χ1v) is 13.3. The van der Waals surface area contributed by atoms with E-state index in [-0.39, 0.29) is 17.6 Å². The number of halogens is 1. The number of pyridine rings is 1. The van der Waals surface area contributed by atoms with Crippen LogP contribution >= 0.6 is 11.3 Å². The van der Waals surface area contributed by atoms with Gasteiger partial charge in [0, 0.05) is 41.3 Å². The monoisotopic (exact) mass is 546 g/mol. The van der Waals surface area contributed by atoms with Gasteiger partial charge in [0.1, 0.15) is 17.7 Å². The summed E-state index contributed by atoms with van der Waals surface area (Å²) in [5.74, 6) is -0.777. The molecule has 39 heavy (non-hydrogen) atoms. The Morgan fingerprint density at radius 3 is 2.74 bits per heavy atom. The number of carbonyl (C=O) groups is 2. The molecule has 0 bridgehead atoms. The van der Waals surface area contributed by atoms with Crippen LogP contribution in [0.25, 0.3) is 32.1 Å². The summed E-state index contributed by atoms with van der Waals surface area (Å²) < 4.78 is 21.7. The summed E-state index contributed by atoms with van der Waals surface area (Å²) in [4.78, 5) is 32.2. The number of thiophene rings is 1. The van der Waals surface area contributed by atoms with Gasteiger partial charge in [-0.3, -0.25) is 9.20 Å². The maximum Gasteiger partial charge on any atom is 0.407 e. The van der Waals surface area contributed by atoms with Crippen LogP contribution in [0.3, 0.4) is 0 Å². The van der Waals surface area contributed by atoms with Crippen molar-refractivity contribution in [1.82, 2.24) is 24.8 Å². The molecule has 200 valence electrons. The number of fused-ring (bicyclic) bond motifs is 1. The van der Waals surface area contributed by atoms with Crippen molar-refractivity contribution in [3.05, 3.63) is 71.0 Å². The third-order valence-corrected chi connectivity index (χ3v) is 7.48. The van der Waals surface area contributed by atoms with Crippen LogP contribution in [-0.2, 0) is 4.74 Å². The molecule has 0 spiro atoms. The second-order valence-corrected chi connectivity index (χ2v) is 11.4. The standard InChI is InChI=1S/C28H27FN6O3S/c1-28(2,3)38-27(37)32-19-6-5-11-34(15-19)26(36)23-13-20(17-7-9-22(30-4)21(29)12-17)25(39-23)18-8-10-24-33-31-16-35(24)14-18/h7-10,12-14,16,19H,5-6,11,15H2,1-3H3,(H,32,37)/t19-/m1/s1.